The first kappa shape index (κ1) is 15.8. The number of thioether (sulfide) groups is 1. The Balaban J connectivity index is 1.58. The van der Waals surface area contributed by atoms with E-state index in [1.165, 1.54) is 24.2 Å². The van der Waals surface area contributed by atoms with Crippen LogP contribution in [0.5, 0.6) is 0 Å². The zero-order chi connectivity index (χ0) is 14.9. The van der Waals surface area contributed by atoms with Gasteiger partial charge in [-0.1, -0.05) is 0 Å². The first-order valence-electron chi connectivity index (χ1n) is 7.44. The van der Waals surface area contributed by atoms with Crippen molar-refractivity contribution < 1.29 is 8.42 Å². The molecular weight excluding hydrogens is 324 g/mol. The van der Waals surface area contributed by atoms with Crippen molar-refractivity contribution in [3.05, 3.63) is 17.0 Å². The summed E-state index contributed by atoms with van der Waals surface area (Å²) in [6.45, 7) is 0.781. The summed E-state index contributed by atoms with van der Waals surface area (Å²) >= 11 is 3.22. The van der Waals surface area contributed by atoms with E-state index >= 15 is 0 Å². The molecule has 2 fully saturated rings. The van der Waals surface area contributed by atoms with E-state index in [1.54, 1.807) is 6.07 Å². The fraction of sp³-hybridized carbons (Fsp3) is 0.714. The highest BCUT2D eigenvalue weighted by Gasteiger charge is 2.29. The molecule has 7 heteroatoms. The Kier molecular flexibility index (Phi) is 4.95. The standard InChI is InChI=1S/C14H22N2O2S3/c1-19-12-5-4-11(8-12)16-21(17,18)14-7-6-13(20-14)9-15-10-2-3-10/h6-7,10-12,15-16H,2-5,8-9H2,1H3. The first-order chi connectivity index (χ1) is 10.1. The van der Waals surface area contributed by atoms with Gasteiger partial charge in [-0.25, -0.2) is 13.1 Å². The molecule has 0 amide bonds. The molecule has 1 heterocycles. The molecule has 1 aromatic rings. The lowest BCUT2D eigenvalue weighted by atomic mass is 10.3. The summed E-state index contributed by atoms with van der Waals surface area (Å²) in [5.41, 5.74) is 0. The van der Waals surface area contributed by atoms with E-state index in [1.807, 2.05) is 17.8 Å². The third-order valence-corrected chi connectivity index (χ3v) is 8.28. The molecule has 2 saturated carbocycles. The molecule has 118 valence electrons. The van der Waals surface area contributed by atoms with Gasteiger partial charge < -0.3 is 5.32 Å². The molecule has 0 radical (unpaired) electrons. The van der Waals surface area contributed by atoms with Crippen LogP contribution in [0.4, 0.5) is 0 Å². The van der Waals surface area contributed by atoms with Crippen LogP contribution in [0.3, 0.4) is 0 Å². The van der Waals surface area contributed by atoms with Gasteiger partial charge in [0.05, 0.1) is 0 Å². The van der Waals surface area contributed by atoms with Crippen LogP contribution in [0.15, 0.2) is 16.3 Å². The van der Waals surface area contributed by atoms with E-state index in [9.17, 15) is 8.42 Å². The van der Waals surface area contributed by atoms with Crippen LogP contribution in [0.2, 0.25) is 0 Å². The number of hydrogen-bond donors (Lipinski definition) is 2. The molecule has 0 aliphatic heterocycles. The highest BCUT2D eigenvalue weighted by Crippen LogP contribution is 2.30. The van der Waals surface area contributed by atoms with Crippen molar-refractivity contribution >= 4 is 33.1 Å². The smallest absolute Gasteiger partial charge is 0.250 e. The Bertz CT molecular complexity index is 581. The number of sulfonamides is 1. The molecular formula is C14H22N2O2S3. The van der Waals surface area contributed by atoms with E-state index in [2.05, 4.69) is 16.3 Å². The zero-order valence-corrected chi connectivity index (χ0v) is 14.6. The topological polar surface area (TPSA) is 58.2 Å². The molecule has 2 aliphatic rings. The molecule has 0 bridgehead atoms. The predicted octanol–water partition coefficient (Wildman–Crippen LogP) is 2.56. The largest absolute Gasteiger partial charge is 0.309 e. The fourth-order valence-corrected chi connectivity index (χ4v) is 6.07. The summed E-state index contributed by atoms with van der Waals surface area (Å²) in [7, 11) is -3.35. The van der Waals surface area contributed by atoms with Gasteiger partial charge in [-0.3, -0.25) is 0 Å². The van der Waals surface area contributed by atoms with Gasteiger partial charge in [0.15, 0.2) is 0 Å². The summed E-state index contributed by atoms with van der Waals surface area (Å²) in [4.78, 5) is 1.09. The maximum atomic E-state index is 12.4. The molecule has 21 heavy (non-hydrogen) atoms. The van der Waals surface area contributed by atoms with E-state index in [0.717, 1.165) is 30.7 Å². The van der Waals surface area contributed by atoms with Crippen LogP contribution in [-0.2, 0) is 16.6 Å². The molecule has 1 aromatic heterocycles. The van der Waals surface area contributed by atoms with Crippen molar-refractivity contribution in [3.63, 3.8) is 0 Å². The van der Waals surface area contributed by atoms with Crippen molar-refractivity contribution in [2.24, 2.45) is 0 Å². The maximum Gasteiger partial charge on any atom is 0.250 e. The lowest BCUT2D eigenvalue weighted by Gasteiger charge is -2.12. The highest BCUT2D eigenvalue weighted by atomic mass is 32.2. The SMILES string of the molecule is CSC1CCC(NS(=O)(=O)c2ccc(CNC3CC3)s2)C1. The van der Waals surface area contributed by atoms with Crippen LogP contribution in [-0.4, -0.2) is 32.0 Å². The van der Waals surface area contributed by atoms with Crippen LogP contribution < -0.4 is 10.0 Å². The second-order valence-corrected chi connectivity index (χ2v) is 10.1. The van der Waals surface area contributed by atoms with Gasteiger partial charge in [-0.2, -0.15) is 11.8 Å². The average molecular weight is 347 g/mol. The third-order valence-electron chi connectivity index (χ3n) is 4.08. The molecule has 2 aliphatic carbocycles. The molecule has 0 aromatic carbocycles. The predicted molar refractivity (Wildman–Crippen MR) is 89.4 cm³/mol. The van der Waals surface area contributed by atoms with Crippen molar-refractivity contribution in [2.75, 3.05) is 6.26 Å². The van der Waals surface area contributed by atoms with Gasteiger partial charge in [-0.15, -0.1) is 11.3 Å². The van der Waals surface area contributed by atoms with Gasteiger partial charge in [0.1, 0.15) is 4.21 Å². The van der Waals surface area contributed by atoms with Crippen molar-refractivity contribution in [1.82, 2.24) is 10.0 Å². The van der Waals surface area contributed by atoms with E-state index < -0.39 is 10.0 Å². The van der Waals surface area contributed by atoms with Gasteiger partial charge in [-0.05, 0) is 50.5 Å². The lowest BCUT2D eigenvalue weighted by Crippen LogP contribution is -2.32. The number of rotatable bonds is 7. The molecule has 2 atom stereocenters. The van der Waals surface area contributed by atoms with Crippen LogP contribution >= 0.6 is 23.1 Å². The van der Waals surface area contributed by atoms with E-state index in [4.69, 9.17) is 0 Å². The van der Waals surface area contributed by atoms with Crippen LogP contribution in [0.1, 0.15) is 37.0 Å². The Labute approximate surface area is 135 Å². The molecule has 3 rings (SSSR count). The minimum Gasteiger partial charge on any atom is -0.309 e. The minimum atomic E-state index is -3.35. The molecule has 2 N–H and O–H groups in total. The average Bonchev–Trinajstić information content (AvgIpc) is 2.98. The summed E-state index contributed by atoms with van der Waals surface area (Å²) in [6.07, 6.45) is 7.59. The van der Waals surface area contributed by atoms with Crippen molar-refractivity contribution in [2.45, 2.75) is 60.2 Å². The summed E-state index contributed by atoms with van der Waals surface area (Å²) < 4.78 is 28.2. The Morgan fingerprint density at radius 3 is 2.67 bits per heavy atom. The van der Waals surface area contributed by atoms with Gasteiger partial charge in [0.2, 0.25) is 10.0 Å². The normalized spacial score (nSPS) is 26.3. The summed E-state index contributed by atoms with van der Waals surface area (Å²) in [5.74, 6) is 0. The summed E-state index contributed by atoms with van der Waals surface area (Å²) in [5, 5.41) is 4.01. The number of thiophene rings is 1. The Morgan fingerprint density at radius 1 is 1.24 bits per heavy atom. The quantitative estimate of drug-likeness (QED) is 0.797. The first-order valence-corrected chi connectivity index (χ1v) is 11.0. The molecule has 4 nitrogen and oxygen atoms in total. The van der Waals surface area contributed by atoms with E-state index in [-0.39, 0.29) is 6.04 Å². The Hall–Kier alpha value is -0.0800. The lowest BCUT2D eigenvalue weighted by molar-refractivity contribution is 0.554. The second kappa shape index (κ2) is 6.58. The van der Waals surface area contributed by atoms with E-state index in [0.29, 0.717) is 15.5 Å². The van der Waals surface area contributed by atoms with Crippen LogP contribution in [0.25, 0.3) is 0 Å². The van der Waals surface area contributed by atoms with Gasteiger partial charge in [0, 0.05) is 28.8 Å². The Morgan fingerprint density at radius 2 is 2.00 bits per heavy atom. The number of hydrogen-bond acceptors (Lipinski definition) is 5. The zero-order valence-electron chi connectivity index (χ0n) is 12.2. The second-order valence-electron chi connectivity index (χ2n) is 5.86. The van der Waals surface area contributed by atoms with Gasteiger partial charge in [0.25, 0.3) is 0 Å². The highest BCUT2D eigenvalue weighted by molar-refractivity contribution is 7.99. The minimum absolute atomic E-state index is 0.0996. The molecule has 2 unspecified atom stereocenters. The fourth-order valence-electron chi connectivity index (χ4n) is 2.67. The van der Waals surface area contributed by atoms with Crippen molar-refractivity contribution in [3.8, 4) is 0 Å². The maximum absolute atomic E-state index is 12.4. The monoisotopic (exact) mass is 346 g/mol. The number of nitrogens with one attached hydrogen (secondary N) is 2. The molecule has 0 spiro atoms. The van der Waals surface area contributed by atoms with Crippen LogP contribution in [0, 0.1) is 0 Å². The molecule has 0 saturated heterocycles. The van der Waals surface area contributed by atoms with Gasteiger partial charge >= 0.3 is 0 Å². The van der Waals surface area contributed by atoms with Crippen molar-refractivity contribution in [1.29, 1.82) is 0 Å². The third kappa shape index (κ3) is 4.22. The summed E-state index contributed by atoms with van der Waals surface area (Å²) in [6, 6.07) is 4.40.